The number of carbonyl (C=O) groups is 3. The summed E-state index contributed by atoms with van der Waals surface area (Å²) >= 11 is 0. The van der Waals surface area contributed by atoms with Gasteiger partial charge >= 0.3 is 0 Å². The van der Waals surface area contributed by atoms with E-state index in [2.05, 4.69) is 21.3 Å². The van der Waals surface area contributed by atoms with E-state index in [1.165, 1.54) is 6.42 Å². The van der Waals surface area contributed by atoms with E-state index >= 15 is 0 Å². The molecule has 2 aromatic carbocycles. The van der Waals surface area contributed by atoms with Crippen LogP contribution in [0.4, 0.5) is 11.4 Å². The number of rotatable bonds is 7. The molecule has 176 valence electrons. The molecule has 7 heteroatoms. The van der Waals surface area contributed by atoms with Gasteiger partial charge in [0.25, 0.3) is 11.8 Å². The van der Waals surface area contributed by atoms with E-state index in [9.17, 15) is 14.4 Å². The molecule has 0 atom stereocenters. The molecule has 0 radical (unpaired) electrons. The molecule has 33 heavy (non-hydrogen) atoms. The summed E-state index contributed by atoms with van der Waals surface area (Å²) in [6.45, 7) is 5.82. The fourth-order valence-electron chi connectivity index (χ4n) is 3.79. The third-order valence-corrected chi connectivity index (χ3v) is 5.44. The van der Waals surface area contributed by atoms with Crippen LogP contribution >= 0.6 is 0 Å². The van der Waals surface area contributed by atoms with Gasteiger partial charge in [0, 0.05) is 34.1 Å². The first kappa shape index (κ1) is 24.3. The summed E-state index contributed by atoms with van der Waals surface area (Å²) in [5, 5.41) is 11.9. The van der Waals surface area contributed by atoms with Crippen LogP contribution in [0.2, 0.25) is 0 Å². The van der Waals surface area contributed by atoms with Gasteiger partial charge < -0.3 is 21.3 Å². The van der Waals surface area contributed by atoms with Crippen molar-refractivity contribution in [1.29, 1.82) is 0 Å². The number of hydrogen-bond acceptors (Lipinski definition) is 4. The van der Waals surface area contributed by atoms with Gasteiger partial charge in [-0.3, -0.25) is 14.4 Å². The predicted molar refractivity (Wildman–Crippen MR) is 132 cm³/mol. The second-order valence-electron chi connectivity index (χ2n) is 9.57. The minimum Gasteiger partial charge on any atom is -0.376 e. The van der Waals surface area contributed by atoms with E-state index in [4.69, 9.17) is 0 Å². The van der Waals surface area contributed by atoms with Crippen LogP contribution in [0.25, 0.3) is 0 Å². The summed E-state index contributed by atoms with van der Waals surface area (Å²) < 4.78 is 0. The van der Waals surface area contributed by atoms with E-state index in [0.717, 1.165) is 25.7 Å². The highest BCUT2D eigenvalue weighted by Gasteiger charge is 2.17. The topological polar surface area (TPSA) is 99.3 Å². The maximum Gasteiger partial charge on any atom is 0.251 e. The molecule has 0 aromatic heterocycles. The molecule has 0 spiro atoms. The van der Waals surface area contributed by atoms with Crippen LogP contribution in [0.3, 0.4) is 0 Å². The van der Waals surface area contributed by atoms with E-state index in [0.29, 0.717) is 22.5 Å². The molecule has 0 unspecified atom stereocenters. The Morgan fingerprint density at radius 1 is 0.848 bits per heavy atom. The quantitative estimate of drug-likeness (QED) is 0.505. The third-order valence-electron chi connectivity index (χ3n) is 5.44. The van der Waals surface area contributed by atoms with Gasteiger partial charge in [0.05, 0.1) is 6.54 Å². The van der Waals surface area contributed by atoms with Crippen molar-refractivity contribution >= 4 is 29.1 Å². The second-order valence-corrected chi connectivity index (χ2v) is 9.57. The molecule has 7 nitrogen and oxygen atoms in total. The Kier molecular flexibility index (Phi) is 8.09. The van der Waals surface area contributed by atoms with Gasteiger partial charge in [-0.1, -0.05) is 25.3 Å². The standard InChI is InChI=1S/C26H34N4O3/c1-26(2,3)30-25(33)18-12-14-21(15-13-18)28-23(31)17-27-22-11-7-8-19(16-22)24(32)29-20-9-5-4-6-10-20/h7-8,11-16,20,27H,4-6,9-10,17H2,1-3H3,(H,28,31)(H,29,32)(H,30,33). The molecule has 1 fully saturated rings. The van der Waals surface area contributed by atoms with Crippen molar-refractivity contribution in [3.8, 4) is 0 Å². The molecule has 3 amide bonds. The number of benzene rings is 2. The van der Waals surface area contributed by atoms with Gasteiger partial charge in [0.15, 0.2) is 0 Å². The van der Waals surface area contributed by atoms with Crippen LogP contribution in [0, 0.1) is 0 Å². The molecule has 0 aliphatic heterocycles. The molecule has 4 N–H and O–H groups in total. The zero-order valence-corrected chi connectivity index (χ0v) is 19.7. The van der Waals surface area contributed by atoms with Crippen molar-refractivity contribution in [2.75, 3.05) is 17.2 Å². The molecule has 0 saturated heterocycles. The first-order valence-corrected chi connectivity index (χ1v) is 11.6. The lowest BCUT2D eigenvalue weighted by atomic mass is 9.95. The van der Waals surface area contributed by atoms with Gasteiger partial charge in [-0.15, -0.1) is 0 Å². The smallest absolute Gasteiger partial charge is 0.251 e. The van der Waals surface area contributed by atoms with Crippen molar-refractivity contribution in [2.45, 2.75) is 64.5 Å². The Balaban J connectivity index is 1.49. The monoisotopic (exact) mass is 450 g/mol. The number of amides is 3. The molecule has 1 aliphatic rings. The Labute approximate surface area is 195 Å². The number of anilines is 2. The zero-order chi connectivity index (χ0) is 23.8. The SMILES string of the molecule is CC(C)(C)NC(=O)c1ccc(NC(=O)CNc2cccc(C(=O)NC3CCCCC3)c2)cc1. The molecule has 0 heterocycles. The minimum atomic E-state index is -0.316. The number of carbonyl (C=O) groups excluding carboxylic acids is 3. The van der Waals surface area contributed by atoms with Crippen LogP contribution < -0.4 is 21.3 Å². The Bertz CT molecular complexity index is 974. The summed E-state index contributed by atoms with van der Waals surface area (Å²) in [4.78, 5) is 37.1. The van der Waals surface area contributed by atoms with Crippen LogP contribution in [-0.2, 0) is 4.79 Å². The van der Waals surface area contributed by atoms with Gasteiger partial charge in [0.2, 0.25) is 5.91 Å². The van der Waals surface area contributed by atoms with Gasteiger partial charge in [-0.25, -0.2) is 0 Å². The minimum absolute atomic E-state index is 0.0555. The highest BCUT2D eigenvalue weighted by atomic mass is 16.2. The summed E-state index contributed by atoms with van der Waals surface area (Å²) in [5.41, 5.74) is 2.11. The maximum atomic E-state index is 12.5. The highest BCUT2D eigenvalue weighted by Crippen LogP contribution is 2.18. The van der Waals surface area contributed by atoms with Crippen molar-refractivity contribution in [3.05, 3.63) is 59.7 Å². The summed E-state index contributed by atoms with van der Waals surface area (Å²) in [5.74, 6) is -0.459. The number of hydrogen-bond donors (Lipinski definition) is 4. The van der Waals surface area contributed by atoms with Gasteiger partial charge in [-0.2, -0.15) is 0 Å². The van der Waals surface area contributed by atoms with Crippen LogP contribution in [0.5, 0.6) is 0 Å². The highest BCUT2D eigenvalue weighted by molar-refractivity contribution is 5.97. The molecular formula is C26H34N4O3. The van der Waals surface area contributed by atoms with Crippen LogP contribution in [0.1, 0.15) is 73.6 Å². The van der Waals surface area contributed by atoms with Crippen molar-refractivity contribution in [2.24, 2.45) is 0 Å². The molecule has 1 saturated carbocycles. The average molecular weight is 451 g/mol. The fraction of sp³-hybridized carbons (Fsp3) is 0.423. The summed E-state index contributed by atoms with van der Waals surface area (Å²) in [7, 11) is 0. The van der Waals surface area contributed by atoms with Crippen LogP contribution in [0.15, 0.2) is 48.5 Å². The Morgan fingerprint density at radius 3 is 2.21 bits per heavy atom. The Hall–Kier alpha value is -3.35. The summed E-state index contributed by atoms with van der Waals surface area (Å²) in [6.07, 6.45) is 5.63. The van der Waals surface area contributed by atoms with Crippen molar-refractivity contribution < 1.29 is 14.4 Å². The lowest BCUT2D eigenvalue weighted by Gasteiger charge is -2.22. The molecule has 0 bridgehead atoms. The van der Waals surface area contributed by atoms with Crippen molar-refractivity contribution in [1.82, 2.24) is 10.6 Å². The lowest BCUT2D eigenvalue weighted by molar-refractivity contribution is -0.114. The van der Waals surface area contributed by atoms with Gasteiger partial charge in [0.1, 0.15) is 0 Å². The predicted octanol–water partition coefficient (Wildman–Crippen LogP) is 4.33. The second kappa shape index (κ2) is 11.0. The van der Waals surface area contributed by atoms with E-state index < -0.39 is 0 Å². The molecule has 1 aliphatic carbocycles. The molecule has 2 aromatic rings. The van der Waals surface area contributed by atoms with Crippen LogP contribution in [-0.4, -0.2) is 35.8 Å². The van der Waals surface area contributed by atoms with E-state index in [1.807, 2.05) is 26.8 Å². The first-order valence-electron chi connectivity index (χ1n) is 11.6. The van der Waals surface area contributed by atoms with Gasteiger partial charge in [-0.05, 0) is 76.1 Å². The fourth-order valence-corrected chi connectivity index (χ4v) is 3.79. The number of nitrogens with one attached hydrogen (secondary N) is 4. The lowest BCUT2D eigenvalue weighted by Crippen LogP contribution is -2.40. The molecule has 3 rings (SSSR count). The largest absolute Gasteiger partial charge is 0.376 e. The third kappa shape index (κ3) is 7.93. The Morgan fingerprint density at radius 2 is 1.55 bits per heavy atom. The van der Waals surface area contributed by atoms with Crippen molar-refractivity contribution in [3.63, 3.8) is 0 Å². The maximum absolute atomic E-state index is 12.5. The zero-order valence-electron chi connectivity index (χ0n) is 19.7. The van der Waals surface area contributed by atoms with E-state index in [1.54, 1.807) is 42.5 Å². The summed E-state index contributed by atoms with van der Waals surface area (Å²) in [6, 6.07) is 14.2. The molecular weight excluding hydrogens is 416 g/mol. The van der Waals surface area contributed by atoms with E-state index in [-0.39, 0.29) is 35.8 Å². The first-order chi connectivity index (χ1) is 15.7. The normalized spacial score (nSPS) is 14.3. The average Bonchev–Trinajstić information content (AvgIpc) is 2.78.